The fourth-order valence-electron chi connectivity index (χ4n) is 2.34. The van der Waals surface area contributed by atoms with E-state index < -0.39 is 21.4 Å². The highest BCUT2D eigenvalue weighted by Gasteiger charge is 2.30. The first-order valence-electron chi connectivity index (χ1n) is 8.81. The number of nitrogens with one attached hydrogen (secondary N) is 1. The van der Waals surface area contributed by atoms with Crippen molar-refractivity contribution in [2.75, 3.05) is 12.9 Å². The minimum Gasteiger partial charge on any atom is -0.497 e. The van der Waals surface area contributed by atoms with E-state index in [0.29, 0.717) is 17.7 Å². The third-order valence-corrected chi connectivity index (χ3v) is 5.59. The standard InChI is InChI=1S/C19H26IN3O5S/c1-18(2,20)11-10-17(24)22-19(3,4)13-29(25,26)28-23-16(12-21)14-6-8-15(27-5)9-7-14/h6-9H,10-11,13H2,1-5H3,(H,22,24)/b23-16+. The number of hydrogen-bond donors (Lipinski definition) is 1. The molecule has 0 aliphatic rings. The second-order valence-electron chi connectivity index (χ2n) is 7.71. The molecule has 0 bridgehead atoms. The van der Waals surface area contributed by atoms with Gasteiger partial charge in [0.1, 0.15) is 17.6 Å². The minimum atomic E-state index is -4.13. The lowest BCUT2D eigenvalue weighted by Gasteiger charge is -2.26. The predicted octanol–water partition coefficient (Wildman–Crippen LogP) is 3.16. The number of hydrogen-bond acceptors (Lipinski definition) is 7. The highest BCUT2D eigenvalue weighted by Crippen LogP contribution is 2.23. The molecule has 0 aromatic heterocycles. The number of benzene rings is 1. The van der Waals surface area contributed by atoms with Crippen molar-refractivity contribution in [3.63, 3.8) is 0 Å². The van der Waals surface area contributed by atoms with E-state index in [-0.39, 0.29) is 21.5 Å². The summed E-state index contributed by atoms with van der Waals surface area (Å²) in [5.74, 6) is -0.151. The van der Waals surface area contributed by atoms with Crippen LogP contribution < -0.4 is 10.1 Å². The molecule has 1 N–H and O–H groups in total. The van der Waals surface area contributed by atoms with E-state index in [9.17, 15) is 18.5 Å². The smallest absolute Gasteiger partial charge is 0.330 e. The number of rotatable bonds is 10. The molecule has 0 spiro atoms. The van der Waals surface area contributed by atoms with Crippen LogP contribution >= 0.6 is 22.6 Å². The first-order chi connectivity index (χ1) is 13.3. The third-order valence-electron chi connectivity index (χ3n) is 3.67. The Morgan fingerprint density at radius 2 is 1.83 bits per heavy atom. The lowest BCUT2D eigenvalue weighted by molar-refractivity contribution is -0.122. The monoisotopic (exact) mass is 535 g/mol. The quantitative estimate of drug-likeness (QED) is 0.213. The Labute approximate surface area is 185 Å². The largest absolute Gasteiger partial charge is 0.497 e. The number of alkyl halides is 1. The lowest BCUT2D eigenvalue weighted by atomic mass is 10.1. The molecule has 0 radical (unpaired) electrons. The van der Waals surface area contributed by atoms with Crippen LogP contribution in [-0.4, -0.2) is 41.9 Å². The molecule has 0 fully saturated rings. The van der Waals surface area contributed by atoms with Gasteiger partial charge in [-0.25, -0.2) is 0 Å². The van der Waals surface area contributed by atoms with Gasteiger partial charge in [0.25, 0.3) is 0 Å². The summed E-state index contributed by atoms with van der Waals surface area (Å²) in [6, 6.07) is 8.17. The maximum atomic E-state index is 12.3. The first-order valence-corrected chi connectivity index (χ1v) is 11.5. The second-order valence-corrected chi connectivity index (χ2v) is 12.2. The summed E-state index contributed by atoms with van der Waals surface area (Å²) in [6.07, 6.45) is 0.949. The zero-order valence-electron chi connectivity index (χ0n) is 17.2. The van der Waals surface area contributed by atoms with Crippen molar-refractivity contribution in [3.8, 4) is 11.8 Å². The van der Waals surface area contributed by atoms with Crippen molar-refractivity contribution in [3.05, 3.63) is 29.8 Å². The first kappa shape index (κ1) is 25.2. The summed E-state index contributed by atoms with van der Waals surface area (Å²) < 4.78 is 34.3. The van der Waals surface area contributed by atoms with E-state index in [1.165, 1.54) is 7.11 Å². The lowest BCUT2D eigenvalue weighted by Crippen LogP contribution is -2.48. The van der Waals surface area contributed by atoms with Crippen LogP contribution in [0.5, 0.6) is 5.75 Å². The Kier molecular flexibility index (Phi) is 8.89. The highest BCUT2D eigenvalue weighted by molar-refractivity contribution is 14.1. The average Bonchev–Trinajstić information content (AvgIpc) is 2.59. The molecule has 0 heterocycles. The predicted molar refractivity (Wildman–Crippen MR) is 120 cm³/mol. The molecule has 0 aliphatic carbocycles. The molecule has 1 aromatic rings. The van der Waals surface area contributed by atoms with Crippen LogP contribution in [0.4, 0.5) is 0 Å². The molecule has 1 rings (SSSR count). The number of amides is 1. The van der Waals surface area contributed by atoms with Crippen LogP contribution in [-0.2, 0) is 19.2 Å². The van der Waals surface area contributed by atoms with E-state index in [1.807, 2.05) is 13.8 Å². The summed E-state index contributed by atoms with van der Waals surface area (Å²) in [5, 5.41) is 15.4. The van der Waals surface area contributed by atoms with Crippen molar-refractivity contribution in [2.24, 2.45) is 5.16 Å². The summed E-state index contributed by atoms with van der Waals surface area (Å²) in [5.41, 5.74) is -0.867. The fraction of sp³-hybridized carbons (Fsp3) is 0.526. The zero-order chi connectivity index (χ0) is 22.3. The van der Waals surface area contributed by atoms with Gasteiger partial charge in [-0.1, -0.05) is 41.6 Å². The van der Waals surface area contributed by atoms with Crippen LogP contribution in [0, 0.1) is 11.3 Å². The molecule has 10 heteroatoms. The average molecular weight is 535 g/mol. The number of methoxy groups -OCH3 is 1. The van der Waals surface area contributed by atoms with Gasteiger partial charge in [-0.2, -0.15) is 13.7 Å². The molecule has 160 valence electrons. The van der Waals surface area contributed by atoms with Gasteiger partial charge in [0.05, 0.1) is 12.6 Å². The molecule has 0 aliphatic heterocycles. The van der Waals surface area contributed by atoms with Gasteiger partial charge in [0.15, 0.2) is 5.71 Å². The Morgan fingerprint density at radius 1 is 1.24 bits per heavy atom. The van der Waals surface area contributed by atoms with Gasteiger partial charge in [0.2, 0.25) is 5.91 Å². The SMILES string of the molecule is COc1ccc(/C(C#N)=N/OS(=O)(=O)CC(C)(C)NC(=O)CCC(C)(C)I)cc1. The van der Waals surface area contributed by atoms with Crippen molar-refractivity contribution in [1.29, 1.82) is 5.26 Å². The number of nitriles is 1. The third kappa shape index (κ3) is 9.94. The summed E-state index contributed by atoms with van der Waals surface area (Å²) in [6.45, 7) is 7.19. The van der Waals surface area contributed by atoms with Crippen LogP contribution in [0.2, 0.25) is 0 Å². The number of carbonyl (C=O) groups excluding carboxylic acids is 1. The summed E-state index contributed by atoms with van der Waals surface area (Å²) in [4.78, 5) is 12.1. The summed E-state index contributed by atoms with van der Waals surface area (Å²) >= 11 is 2.25. The van der Waals surface area contributed by atoms with Crippen LogP contribution in [0.25, 0.3) is 0 Å². The Morgan fingerprint density at radius 3 is 2.31 bits per heavy atom. The highest BCUT2D eigenvalue weighted by atomic mass is 127. The molecule has 29 heavy (non-hydrogen) atoms. The summed E-state index contributed by atoms with van der Waals surface area (Å²) in [7, 11) is -2.63. The number of ether oxygens (including phenoxy) is 1. The van der Waals surface area contributed by atoms with E-state index >= 15 is 0 Å². The van der Waals surface area contributed by atoms with E-state index in [4.69, 9.17) is 4.74 Å². The molecule has 0 unspecified atom stereocenters. The second kappa shape index (κ2) is 10.2. The van der Waals surface area contributed by atoms with Crippen molar-refractivity contribution >= 4 is 44.3 Å². The maximum absolute atomic E-state index is 12.3. The van der Waals surface area contributed by atoms with Gasteiger partial charge in [0, 0.05) is 15.4 Å². The number of carbonyl (C=O) groups is 1. The molecule has 0 atom stereocenters. The molecule has 1 aromatic carbocycles. The number of oxime groups is 1. The molecule has 1 amide bonds. The molecular weight excluding hydrogens is 509 g/mol. The van der Waals surface area contributed by atoms with E-state index in [2.05, 4.69) is 37.3 Å². The van der Waals surface area contributed by atoms with Crippen LogP contribution in [0.15, 0.2) is 29.4 Å². The molecular formula is C19H26IN3O5S. The normalized spacial score (nSPS) is 12.8. The van der Waals surface area contributed by atoms with Crippen LogP contribution in [0.3, 0.4) is 0 Å². The van der Waals surface area contributed by atoms with Crippen molar-refractivity contribution in [2.45, 2.75) is 49.5 Å². The molecule has 8 nitrogen and oxygen atoms in total. The zero-order valence-corrected chi connectivity index (χ0v) is 20.1. The Hall–Kier alpha value is -1.87. The molecule has 0 saturated heterocycles. The van der Waals surface area contributed by atoms with Crippen molar-refractivity contribution < 1.29 is 22.2 Å². The van der Waals surface area contributed by atoms with Crippen molar-refractivity contribution in [1.82, 2.24) is 5.32 Å². The Balaban J connectivity index is 2.78. The van der Waals surface area contributed by atoms with Gasteiger partial charge in [-0.05, 0) is 44.5 Å². The Bertz CT molecular complexity index is 882. The van der Waals surface area contributed by atoms with Crippen LogP contribution in [0.1, 0.15) is 46.1 Å². The minimum absolute atomic E-state index is 0.0295. The van der Waals surface area contributed by atoms with E-state index in [1.54, 1.807) is 44.2 Å². The number of nitrogens with zero attached hydrogens (tertiary/aromatic N) is 2. The fourth-order valence-corrected chi connectivity index (χ4v) is 3.80. The van der Waals surface area contributed by atoms with Gasteiger partial charge in [-0.15, -0.1) is 0 Å². The van der Waals surface area contributed by atoms with Gasteiger partial charge >= 0.3 is 10.1 Å². The maximum Gasteiger partial charge on any atom is 0.330 e. The van der Waals surface area contributed by atoms with Gasteiger partial charge < -0.3 is 10.1 Å². The molecule has 0 saturated carbocycles. The van der Waals surface area contributed by atoms with E-state index in [0.717, 1.165) is 0 Å². The number of halogens is 1. The topological polar surface area (TPSA) is 118 Å². The van der Waals surface area contributed by atoms with Gasteiger partial charge in [-0.3, -0.25) is 9.08 Å².